The number of carbonyl (C=O) groups is 8. The SMILES string of the molecule is CC(=O)ON(C(=O)CN1C(=O)c2ccccc2C1=O)N(OC(C)=O)C(=O)CN1C(=O)c2ccccc2C1=O. The molecule has 0 radical (unpaired) electrons. The number of benzene rings is 2. The molecule has 2 aromatic rings. The highest BCUT2D eigenvalue weighted by Gasteiger charge is 2.43. The monoisotopic (exact) mass is 522 g/mol. The minimum atomic E-state index is -1.34. The van der Waals surface area contributed by atoms with Crippen LogP contribution < -0.4 is 0 Å². The Labute approximate surface area is 213 Å². The number of carbonyl (C=O) groups excluding carboxylic acids is 8. The Hall–Kier alpha value is -5.40. The molecule has 38 heavy (non-hydrogen) atoms. The minimum Gasteiger partial charge on any atom is -0.315 e. The van der Waals surface area contributed by atoms with Crippen molar-refractivity contribution in [2.24, 2.45) is 0 Å². The normalized spacial score (nSPS) is 13.7. The van der Waals surface area contributed by atoms with Gasteiger partial charge < -0.3 is 9.68 Å². The third kappa shape index (κ3) is 4.57. The Bertz CT molecular complexity index is 1260. The standard InChI is InChI=1S/C24H18N4O10/c1-13(29)37-27(19(31)11-25-21(33)15-7-3-4-8-16(15)22(25)34)28(38-14(2)30)20(32)12-26-23(35)17-9-5-6-10-18(17)24(26)36/h3-10H,11-12H2,1-2H3. The molecular weight excluding hydrogens is 504 g/mol. The lowest BCUT2D eigenvalue weighted by Crippen LogP contribution is -2.56. The number of hydroxylamine groups is 2. The van der Waals surface area contributed by atoms with Gasteiger partial charge in [0.2, 0.25) is 0 Å². The summed E-state index contributed by atoms with van der Waals surface area (Å²) in [6, 6.07) is 11.6. The number of imide groups is 2. The van der Waals surface area contributed by atoms with Crippen LogP contribution in [0.2, 0.25) is 0 Å². The molecule has 14 nitrogen and oxygen atoms in total. The van der Waals surface area contributed by atoms with E-state index in [2.05, 4.69) is 0 Å². The zero-order chi connectivity index (χ0) is 27.7. The van der Waals surface area contributed by atoms with Crippen molar-refractivity contribution in [1.29, 1.82) is 0 Å². The van der Waals surface area contributed by atoms with Crippen LogP contribution in [0.4, 0.5) is 0 Å². The highest BCUT2D eigenvalue weighted by Crippen LogP contribution is 2.24. The molecular formula is C24H18N4O10. The van der Waals surface area contributed by atoms with Crippen molar-refractivity contribution in [1.82, 2.24) is 20.1 Å². The van der Waals surface area contributed by atoms with Gasteiger partial charge in [-0.2, -0.15) is 0 Å². The largest absolute Gasteiger partial charge is 0.332 e. The first-order valence-electron chi connectivity index (χ1n) is 10.9. The first-order chi connectivity index (χ1) is 18.0. The van der Waals surface area contributed by atoms with Crippen LogP contribution in [0.3, 0.4) is 0 Å². The van der Waals surface area contributed by atoms with Gasteiger partial charge in [-0.05, 0) is 34.6 Å². The summed E-state index contributed by atoms with van der Waals surface area (Å²) in [6.07, 6.45) is 0. The molecule has 194 valence electrons. The maximum Gasteiger partial charge on any atom is 0.332 e. The average molecular weight is 522 g/mol. The van der Waals surface area contributed by atoms with Gasteiger partial charge in [0.1, 0.15) is 13.1 Å². The van der Waals surface area contributed by atoms with Crippen LogP contribution in [-0.2, 0) is 28.9 Å². The number of fused-ring (bicyclic) bond motifs is 2. The Kier molecular flexibility index (Phi) is 6.71. The lowest BCUT2D eigenvalue weighted by molar-refractivity contribution is -0.333. The van der Waals surface area contributed by atoms with Crippen molar-refractivity contribution < 1.29 is 48.0 Å². The Balaban J connectivity index is 1.59. The molecule has 0 bridgehead atoms. The predicted octanol–water partition coefficient (Wildman–Crippen LogP) is 0.107. The summed E-state index contributed by atoms with van der Waals surface area (Å²) in [7, 11) is 0. The molecule has 0 fully saturated rings. The summed E-state index contributed by atoms with van der Waals surface area (Å²) in [5.74, 6) is -8.26. The first-order valence-corrected chi connectivity index (χ1v) is 10.9. The summed E-state index contributed by atoms with van der Waals surface area (Å²) < 4.78 is 0. The molecule has 2 aromatic carbocycles. The van der Waals surface area contributed by atoms with Gasteiger partial charge in [0.15, 0.2) is 0 Å². The zero-order valence-corrected chi connectivity index (χ0v) is 19.9. The van der Waals surface area contributed by atoms with Crippen molar-refractivity contribution >= 4 is 47.4 Å². The molecule has 0 aliphatic carbocycles. The fraction of sp³-hybridized carbons (Fsp3) is 0.167. The summed E-state index contributed by atoms with van der Waals surface area (Å²) >= 11 is 0. The second kappa shape index (κ2) is 9.93. The fourth-order valence-corrected chi connectivity index (χ4v) is 3.78. The number of amides is 6. The van der Waals surface area contributed by atoms with E-state index in [0.717, 1.165) is 13.8 Å². The number of hydrogen-bond donors (Lipinski definition) is 0. The smallest absolute Gasteiger partial charge is 0.315 e. The molecule has 0 N–H and O–H groups in total. The molecule has 0 unspecified atom stereocenters. The molecule has 0 aromatic heterocycles. The van der Waals surface area contributed by atoms with Gasteiger partial charge >= 0.3 is 23.8 Å². The minimum absolute atomic E-state index is 0.0304. The summed E-state index contributed by atoms with van der Waals surface area (Å²) in [5.41, 5.74) is 0.122. The Morgan fingerprint density at radius 3 is 1.08 bits per heavy atom. The zero-order valence-electron chi connectivity index (χ0n) is 19.9. The highest BCUT2D eigenvalue weighted by atomic mass is 16.9. The second-order valence-corrected chi connectivity index (χ2v) is 7.98. The Morgan fingerprint density at radius 2 is 0.842 bits per heavy atom. The molecule has 14 heteroatoms. The van der Waals surface area contributed by atoms with Gasteiger partial charge in [-0.15, -0.1) is 0 Å². The topological polar surface area (TPSA) is 168 Å². The molecule has 2 aliphatic rings. The van der Waals surface area contributed by atoms with E-state index in [9.17, 15) is 38.4 Å². The van der Waals surface area contributed by atoms with Crippen LogP contribution in [0.1, 0.15) is 55.3 Å². The van der Waals surface area contributed by atoms with Crippen LogP contribution >= 0.6 is 0 Å². The molecule has 0 saturated heterocycles. The quantitative estimate of drug-likeness (QED) is 0.397. The van der Waals surface area contributed by atoms with Crippen molar-refractivity contribution in [3.05, 3.63) is 70.8 Å². The summed E-state index contributed by atoms with van der Waals surface area (Å²) in [6.45, 7) is -0.304. The molecule has 0 atom stereocenters. The van der Waals surface area contributed by atoms with Crippen LogP contribution in [0.5, 0.6) is 0 Å². The van der Waals surface area contributed by atoms with E-state index in [1.165, 1.54) is 48.5 Å². The maximum atomic E-state index is 13.1. The number of rotatable bonds is 4. The van der Waals surface area contributed by atoms with E-state index in [4.69, 9.17) is 9.68 Å². The van der Waals surface area contributed by atoms with E-state index in [1.54, 1.807) is 0 Å². The van der Waals surface area contributed by atoms with Gasteiger partial charge in [0.05, 0.1) is 22.3 Å². The van der Waals surface area contributed by atoms with E-state index in [-0.39, 0.29) is 32.6 Å². The van der Waals surface area contributed by atoms with Crippen LogP contribution in [0.15, 0.2) is 48.5 Å². The van der Waals surface area contributed by atoms with Gasteiger partial charge in [-0.1, -0.05) is 24.3 Å². The number of nitrogens with zero attached hydrogens (tertiary/aromatic N) is 4. The fourth-order valence-electron chi connectivity index (χ4n) is 3.78. The molecule has 0 saturated carbocycles. The average Bonchev–Trinajstić information content (AvgIpc) is 3.26. The molecule has 4 rings (SSSR count). The molecule has 6 amide bonds. The van der Waals surface area contributed by atoms with Crippen LogP contribution in [-0.4, -0.2) is 80.6 Å². The maximum absolute atomic E-state index is 13.1. The van der Waals surface area contributed by atoms with Gasteiger partial charge in [0, 0.05) is 13.8 Å². The van der Waals surface area contributed by atoms with Crippen molar-refractivity contribution in [2.45, 2.75) is 13.8 Å². The highest BCUT2D eigenvalue weighted by molar-refractivity contribution is 6.23. The van der Waals surface area contributed by atoms with Crippen molar-refractivity contribution in [3.63, 3.8) is 0 Å². The van der Waals surface area contributed by atoms with E-state index < -0.39 is 60.5 Å². The third-order valence-electron chi connectivity index (χ3n) is 5.36. The lowest BCUT2D eigenvalue weighted by Gasteiger charge is -2.31. The van der Waals surface area contributed by atoms with E-state index in [0.29, 0.717) is 9.80 Å². The van der Waals surface area contributed by atoms with E-state index >= 15 is 0 Å². The lowest BCUT2D eigenvalue weighted by atomic mass is 10.1. The van der Waals surface area contributed by atoms with Gasteiger partial charge in [-0.3, -0.25) is 38.6 Å². The molecule has 2 aliphatic heterocycles. The van der Waals surface area contributed by atoms with Crippen LogP contribution in [0.25, 0.3) is 0 Å². The van der Waals surface area contributed by atoms with Crippen molar-refractivity contribution in [2.75, 3.05) is 13.1 Å². The summed E-state index contributed by atoms with van der Waals surface area (Å²) in [5, 5.41) is -0.123. The third-order valence-corrected chi connectivity index (χ3v) is 5.36. The van der Waals surface area contributed by atoms with Crippen molar-refractivity contribution in [3.8, 4) is 0 Å². The van der Waals surface area contributed by atoms with Gasteiger partial charge in [-0.25, -0.2) is 9.59 Å². The van der Waals surface area contributed by atoms with E-state index in [1.807, 2.05) is 0 Å². The molecule has 2 heterocycles. The Morgan fingerprint density at radius 1 is 0.579 bits per heavy atom. The second-order valence-electron chi connectivity index (χ2n) is 7.98. The molecule has 0 spiro atoms. The number of hydrazine groups is 1. The number of hydrogen-bond acceptors (Lipinski definition) is 10. The van der Waals surface area contributed by atoms with Crippen LogP contribution in [0, 0.1) is 0 Å². The van der Waals surface area contributed by atoms with Gasteiger partial charge in [0.25, 0.3) is 23.6 Å². The summed E-state index contributed by atoms with van der Waals surface area (Å²) in [4.78, 5) is 111. The first kappa shape index (κ1) is 25.7. The predicted molar refractivity (Wildman–Crippen MR) is 121 cm³/mol.